The summed E-state index contributed by atoms with van der Waals surface area (Å²) >= 11 is 3.40. The molecule has 1 heterocycles. The Morgan fingerprint density at radius 1 is 0.919 bits per heavy atom. The number of ether oxygens (including phenoxy) is 3. The van der Waals surface area contributed by atoms with E-state index >= 15 is 0 Å². The molecule has 0 saturated carbocycles. The number of ketones is 1. The van der Waals surface area contributed by atoms with Crippen LogP contribution in [-0.4, -0.2) is 49.0 Å². The van der Waals surface area contributed by atoms with Crippen molar-refractivity contribution in [3.8, 4) is 11.5 Å². The highest BCUT2D eigenvalue weighted by Crippen LogP contribution is 2.41. The Hall–Kier alpha value is -4.11. The molecule has 1 atom stereocenters. The molecule has 4 rings (SSSR count). The third-order valence-corrected chi connectivity index (χ3v) is 6.74. The third kappa shape index (κ3) is 5.08. The third-order valence-electron chi connectivity index (χ3n) is 6.12. The van der Waals surface area contributed by atoms with E-state index in [9.17, 15) is 19.5 Å². The number of aliphatic hydroxyl groups is 1. The van der Waals surface area contributed by atoms with Gasteiger partial charge in [-0.2, -0.15) is 0 Å². The number of aliphatic hydroxyl groups excluding tert-OH is 1. The zero-order chi connectivity index (χ0) is 26.7. The van der Waals surface area contributed by atoms with Crippen molar-refractivity contribution in [2.45, 2.75) is 12.6 Å². The Labute approximate surface area is 222 Å². The summed E-state index contributed by atoms with van der Waals surface area (Å²) in [5.41, 5.74) is 2.01. The van der Waals surface area contributed by atoms with Gasteiger partial charge in [0.25, 0.3) is 11.7 Å². The Kier molecular flexibility index (Phi) is 7.63. The van der Waals surface area contributed by atoms with E-state index in [1.54, 1.807) is 73.8 Å². The molecule has 1 amide bonds. The van der Waals surface area contributed by atoms with Crippen molar-refractivity contribution in [2.24, 2.45) is 0 Å². The highest BCUT2D eigenvalue weighted by molar-refractivity contribution is 9.10. The van der Waals surface area contributed by atoms with Crippen LogP contribution in [0, 0.1) is 0 Å². The Balaban J connectivity index is 1.80. The first-order chi connectivity index (χ1) is 17.8. The number of rotatable bonds is 7. The number of hydrogen-bond donors (Lipinski definition) is 1. The van der Waals surface area contributed by atoms with E-state index in [0.29, 0.717) is 38.2 Å². The largest absolute Gasteiger partial charge is 0.507 e. The molecule has 3 aromatic carbocycles. The molecule has 1 aliphatic rings. The van der Waals surface area contributed by atoms with Gasteiger partial charge in [0.1, 0.15) is 17.3 Å². The molecule has 0 aliphatic carbocycles. The molecule has 0 aromatic heterocycles. The van der Waals surface area contributed by atoms with E-state index in [1.807, 2.05) is 0 Å². The lowest BCUT2D eigenvalue weighted by molar-refractivity contribution is -0.140. The van der Waals surface area contributed by atoms with E-state index in [0.717, 1.165) is 0 Å². The highest BCUT2D eigenvalue weighted by atomic mass is 79.9. The number of nitrogens with zero attached hydrogens (tertiary/aromatic N) is 1. The molecular formula is C28H24BrNO7. The van der Waals surface area contributed by atoms with Crippen molar-refractivity contribution in [2.75, 3.05) is 21.3 Å². The van der Waals surface area contributed by atoms with Gasteiger partial charge in [-0.15, -0.1) is 0 Å². The van der Waals surface area contributed by atoms with Gasteiger partial charge < -0.3 is 24.2 Å². The maximum Gasteiger partial charge on any atom is 0.337 e. The first-order valence-electron chi connectivity index (χ1n) is 11.2. The predicted octanol–water partition coefficient (Wildman–Crippen LogP) is 4.87. The maximum atomic E-state index is 13.3. The second-order valence-corrected chi connectivity index (χ2v) is 9.09. The number of halogens is 1. The molecule has 0 spiro atoms. The Bertz CT molecular complexity index is 1380. The monoisotopic (exact) mass is 565 g/mol. The van der Waals surface area contributed by atoms with Gasteiger partial charge in [-0.1, -0.05) is 24.3 Å². The fourth-order valence-corrected chi connectivity index (χ4v) is 4.75. The fraction of sp³-hybridized carbons (Fsp3) is 0.179. The van der Waals surface area contributed by atoms with Crippen molar-refractivity contribution in [1.29, 1.82) is 0 Å². The van der Waals surface area contributed by atoms with Crippen molar-refractivity contribution in [1.82, 2.24) is 4.90 Å². The van der Waals surface area contributed by atoms with Crippen molar-refractivity contribution >= 4 is 39.3 Å². The first-order valence-corrected chi connectivity index (χ1v) is 12.0. The standard InChI is InChI=1S/C28H24BrNO7/c1-35-20-11-8-17(9-12-20)24-23(25(31)19-10-13-22(36-2)21(29)14-19)26(32)27(33)30(24)15-16-4-6-18(7-5-16)28(34)37-3/h4-14,24,31H,15H2,1-3H3/b25-23-. The molecular weight excluding hydrogens is 542 g/mol. The Morgan fingerprint density at radius 2 is 1.57 bits per heavy atom. The van der Waals surface area contributed by atoms with Gasteiger partial charge in [-0.25, -0.2) is 4.79 Å². The number of hydrogen-bond acceptors (Lipinski definition) is 7. The van der Waals surface area contributed by atoms with Gasteiger partial charge in [-0.05, 0) is 69.5 Å². The molecule has 1 N–H and O–H groups in total. The van der Waals surface area contributed by atoms with Crippen LogP contribution in [0.25, 0.3) is 5.76 Å². The van der Waals surface area contributed by atoms with Crippen LogP contribution in [0.5, 0.6) is 11.5 Å². The number of amides is 1. The minimum atomic E-state index is -0.855. The summed E-state index contributed by atoms with van der Waals surface area (Å²) in [4.78, 5) is 39.7. The van der Waals surface area contributed by atoms with Crippen molar-refractivity contribution in [3.63, 3.8) is 0 Å². The summed E-state index contributed by atoms with van der Waals surface area (Å²) in [7, 11) is 4.36. The molecule has 8 nitrogen and oxygen atoms in total. The zero-order valence-electron chi connectivity index (χ0n) is 20.4. The minimum Gasteiger partial charge on any atom is -0.507 e. The van der Waals surface area contributed by atoms with Gasteiger partial charge >= 0.3 is 5.97 Å². The predicted molar refractivity (Wildman–Crippen MR) is 139 cm³/mol. The highest BCUT2D eigenvalue weighted by Gasteiger charge is 2.46. The Morgan fingerprint density at radius 3 is 2.14 bits per heavy atom. The molecule has 0 radical (unpaired) electrons. The van der Waals surface area contributed by atoms with Gasteiger partial charge in [0.15, 0.2) is 0 Å². The van der Waals surface area contributed by atoms with Crippen LogP contribution in [-0.2, 0) is 20.9 Å². The smallest absolute Gasteiger partial charge is 0.337 e. The number of benzene rings is 3. The SMILES string of the molecule is COC(=O)c1ccc(CN2C(=O)C(=O)/C(=C(\O)c3ccc(OC)c(Br)c3)C2c2ccc(OC)cc2)cc1. The number of carbonyl (C=O) groups excluding carboxylic acids is 3. The lowest BCUT2D eigenvalue weighted by atomic mass is 9.95. The number of likely N-dealkylation sites (tertiary alicyclic amines) is 1. The average molecular weight is 566 g/mol. The average Bonchev–Trinajstić information content (AvgIpc) is 3.17. The van der Waals surface area contributed by atoms with Gasteiger partial charge in [-0.3, -0.25) is 9.59 Å². The molecule has 1 aliphatic heterocycles. The summed E-state index contributed by atoms with van der Waals surface area (Å²) in [6.45, 7) is 0.0752. The topological polar surface area (TPSA) is 102 Å². The molecule has 0 bridgehead atoms. The molecule has 1 unspecified atom stereocenters. The van der Waals surface area contributed by atoms with E-state index in [2.05, 4.69) is 15.9 Å². The number of carbonyl (C=O) groups is 3. The zero-order valence-corrected chi connectivity index (χ0v) is 21.9. The van der Waals surface area contributed by atoms with Crippen LogP contribution >= 0.6 is 15.9 Å². The second kappa shape index (κ2) is 10.9. The second-order valence-electron chi connectivity index (χ2n) is 8.24. The number of methoxy groups -OCH3 is 3. The molecule has 3 aromatic rings. The quantitative estimate of drug-likeness (QED) is 0.188. The fourth-order valence-electron chi connectivity index (χ4n) is 4.21. The van der Waals surface area contributed by atoms with Crippen LogP contribution in [0.3, 0.4) is 0 Å². The maximum absolute atomic E-state index is 13.3. The molecule has 1 fully saturated rings. The molecule has 9 heteroatoms. The summed E-state index contributed by atoms with van der Waals surface area (Å²) in [5.74, 6) is -1.15. The molecule has 37 heavy (non-hydrogen) atoms. The van der Waals surface area contributed by atoms with E-state index in [-0.39, 0.29) is 17.9 Å². The lowest BCUT2D eigenvalue weighted by Gasteiger charge is -2.25. The van der Waals surface area contributed by atoms with Gasteiger partial charge in [0, 0.05) is 12.1 Å². The first kappa shape index (κ1) is 26.0. The van der Waals surface area contributed by atoms with Crippen LogP contribution < -0.4 is 9.47 Å². The molecule has 1 saturated heterocycles. The van der Waals surface area contributed by atoms with Crippen LogP contribution in [0.15, 0.2) is 76.8 Å². The van der Waals surface area contributed by atoms with Crippen molar-refractivity contribution in [3.05, 3.63) is 99.0 Å². The van der Waals surface area contributed by atoms with Gasteiger partial charge in [0.2, 0.25) is 0 Å². The van der Waals surface area contributed by atoms with Crippen LogP contribution in [0.4, 0.5) is 0 Å². The molecule has 190 valence electrons. The van der Waals surface area contributed by atoms with E-state index < -0.39 is 23.7 Å². The summed E-state index contributed by atoms with van der Waals surface area (Å²) in [5, 5.41) is 11.3. The van der Waals surface area contributed by atoms with Crippen molar-refractivity contribution < 1.29 is 33.7 Å². The summed E-state index contributed by atoms with van der Waals surface area (Å²) < 4.78 is 15.8. The lowest BCUT2D eigenvalue weighted by Crippen LogP contribution is -2.29. The van der Waals surface area contributed by atoms with Crippen LogP contribution in [0.2, 0.25) is 0 Å². The van der Waals surface area contributed by atoms with E-state index in [1.165, 1.54) is 19.1 Å². The summed E-state index contributed by atoms with van der Waals surface area (Å²) in [6.07, 6.45) is 0. The summed E-state index contributed by atoms with van der Waals surface area (Å²) in [6, 6.07) is 17.6. The van der Waals surface area contributed by atoms with E-state index in [4.69, 9.17) is 14.2 Å². The minimum absolute atomic E-state index is 0.0292. The normalized spacial score (nSPS) is 16.5. The number of Topliss-reactive ketones (excluding diaryl/α,β-unsaturated/α-hetero) is 1. The van der Waals surface area contributed by atoms with Crippen LogP contribution in [0.1, 0.15) is 33.1 Å². The number of esters is 1. The van der Waals surface area contributed by atoms with Gasteiger partial charge in [0.05, 0.1) is 43.0 Å².